The summed E-state index contributed by atoms with van der Waals surface area (Å²) in [5, 5.41) is 2.83. The lowest BCUT2D eigenvalue weighted by atomic mass is 9.62. The van der Waals surface area contributed by atoms with Gasteiger partial charge < -0.3 is 10.1 Å². The molecule has 1 amide bonds. The molecule has 1 aromatic rings. The second kappa shape index (κ2) is 5.20. The zero-order valence-electron chi connectivity index (χ0n) is 14.0. The fourth-order valence-corrected chi connectivity index (χ4v) is 5.45. The highest BCUT2D eigenvalue weighted by Crippen LogP contribution is 2.68. The Bertz CT molecular complexity index is 650. The summed E-state index contributed by atoms with van der Waals surface area (Å²) < 4.78 is 6.21. The summed E-state index contributed by atoms with van der Waals surface area (Å²) in [6, 6.07) is 8.19. The van der Waals surface area contributed by atoms with E-state index in [1.54, 1.807) is 0 Å². The molecule has 0 aromatic heterocycles. The highest BCUT2D eigenvalue weighted by molar-refractivity contribution is 5.88. The minimum Gasteiger partial charge on any atom is -0.373 e. The number of benzene rings is 1. The van der Waals surface area contributed by atoms with E-state index in [9.17, 15) is 4.79 Å². The SMILES string of the molecule is C=C1[C@@H]2C[C@@H]3[C@@H](c4ccc(NC(C)=O)cc4)OCC[C@@]3(C2)[C@@H]1C. The molecule has 2 saturated carbocycles. The van der Waals surface area contributed by atoms with Crippen molar-refractivity contribution < 1.29 is 9.53 Å². The van der Waals surface area contributed by atoms with Gasteiger partial charge in [-0.05, 0) is 60.1 Å². The smallest absolute Gasteiger partial charge is 0.221 e. The quantitative estimate of drug-likeness (QED) is 0.826. The van der Waals surface area contributed by atoms with Gasteiger partial charge in [0.25, 0.3) is 0 Å². The van der Waals surface area contributed by atoms with Gasteiger partial charge in [-0.1, -0.05) is 31.2 Å². The third-order valence-corrected chi connectivity index (χ3v) is 6.64. The summed E-state index contributed by atoms with van der Waals surface area (Å²) >= 11 is 0. The maximum atomic E-state index is 11.2. The fourth-order valence-electron chi connectivity index (χ4n) is 5.45. The number of rotatable bonds is 2. The Balaban J connectivity index is 1.60. The average Bonchev–Trinajstić information content (AvgIpc) is 3.03. The zero-order valence-corrected chi connectivity index (χ0v) is 14.0. The molecule has 2 aliphatic carbocycles. The van der Waals surface area contributed by atoms with Crippen molar-refractivity contribution in [3.63, 3.8) is 0 Å². The summed E-state index contributed by atoms with van der Waals surface area (Å²) in [6.07, 6.45) is 3.90. The van der Waals surface area contributed by atoms with E-state index in [1.165, 1.54) is 37.3 Å². The van der Waals surface area contributed by atoms with Crippen LogP contribution >= 0.6 is 0 Å². The lowest BCUT2D eigenvalue weighted by Gasteiger charge is -2.48. The van der Waals surface area contributed by atoms with Crippen molar-refractivity contribution in [2.45, 2.75) is 39.2 Å². The number of amides is 1. The molecule has 1 aromatic carbocycles. The van der Waals surface area contributed by atoms with Crippen LogP contribution in [0.15, 0.2) is 36.4 Å². The monoisotopic (exact) mass is 311 g/mol. The van der Waals surface area contributed by atoms with Crippen LogP contribution in [0.3, 0.4) is 0 Å². The van der Waals surface area contributed by atoms with E-state index in [4.69, 9.17) is 4.74 Å². The maximum Gasteiger partial charge on any atom is 0.221 e. The number of anilines is 1. The van der Waals surface area contributed by atoms with E-state index in [1.807, 2.05) is 12.1 Å². The Labute approximate surface area is 138 Å². The number of hydrogen-bond donors (Lipinski definition) is 1. The number of carbonyl (C=O) groups excluding carboxylic acids is 1. The first-order valence-corrected chi connectivity index (χ1v) is 8.69. The first-order valence-electron chi connectivity index (χ1n) is 8.69. The molecule has 0 unspecified atom stereocenters. The van der Waals surface area contributed by atoms with E-state index in [2.05, 4.69) is 31.0 Å². The van der Waals surface area contributed by atoms with Crippen LogP contribution in [0.1, 0.15) is 44.8 Å². The van der Waals surface area contributed by atoms with E-state index >= 15 is 0 Å². The highest BCUT2D eigenvalue weighted by atomic mass is 16.5. The van der Waals surface area contributed by atoms with Crippen LogP contribution in [0, 0.1) is 23.2 Å². The minimum absolute atomic E-state index is 0.0361. The molecular weight excluding hydrogens is 286 g/mol. The molecule has 5 atom stereocenters. The van der Waals surface area contributed by atoms with Crippen molar-refractivity contribution in [1.29, 1.82) is 0 Å². The van der Waals surface area contributed by atoms with Crippen LogP contribution in [0.4, 0.5) is 5.69 Å². The lowest BCUT2D eigenvalue weighted by molar-refractivity contribution is -0.114. The molecule has 3 aliphatic rings. The third kappa shape index (κ3) is 2.17. The van der Waals surface area contributed by atoms with Gasteiger partial charge in [-0.3, -0.25) is 4.79 Å². The van der Waals surface area contributed by atoms with Crippen LogP contribution in [-0.4, -0.2) is 12.5 Å². The van der Waals surface area contributed by atoms with Gasteiger partial charge >= 0.3 is 0 Å². The van der Waals surface area contributed by atoms with Crippen molar-refractivity contribution in [1.82, 2.24) is 0 Å². The van der Waals surface area contributed by atoms with Crippen molar-refractivity contribution in [3.8, 4) is 0 Å². The Morgan fingerprint density at radius 3 is 2.74 bits per heavy atom. The Hall–Kier alpha value is -1.61. The standard InChI is InChI=1S/C20H25NO2/c1-12-13(2)20-8-9-23-19(18(20)10-16(12)11-20)15-4-6-17(7-5-15)21-14(3)22/h4-7,13,16,18-19H,1,8-11H2,2-3H3,(H,21,22)/t13-,16-,18-,19-,20-/m1/s1. The van der Waals surface area contributed by atoms with Crippen LogP contribution in [-0.2, 0) is 9.53 Å². The van der Waals surface area contributed by atoms with Gasteiger partial charge in [0.15, 0.2) is 0 Å². The number of fused-ring (bicyclic) bond motifs is 1. The van der Waals surface area contributed by atoms with Gasteiger partial charge in [0.1, 0.15) is 0 Å². The van der Waals surface area contributed by atoms with E-state index < -0.39 is 0 Å². The molecule has 1 heterocycles. The third-order valence-electron chi connectivity index (χ3n) is 6.64. The molecule has 1 aliphatic heterocycles. The van der Waals surface area contributed by atoms with Crippen molar-refractivity contribution in [2.75, 3.05) is 11.9 Å². The Morgan fingerprint density at radius 2 is 2.09 bits per heavy atom. The lowest BCUT2D eigenvalue weighted by Crippen LogP contribution is -2.42. The Morgan fingerprint density at radius 1 is 1.35 bits per heavy atom. The van der Waals surface area contributed by atoms with E-state index in [-0.39, 0.29) is 12.0 Å². The zero-order chi connectivity index (χ0) is 16.2. The van der Waals surface area contributed by atoms with Crippen LogP contribution in [0.5, 0.6) is 0 Å². The molecule has 4 rings (SSSR count). The number of ether oxygens (including phenoxy) is 1. The molecule has 23 heavy (non-hydrogen) atoms. The molecule has 122 valence electrons. The molecule has 2 bridgehead atoms. The summed E-state index contributed by atoms with van der Waals surface area (Å²) in [4.78, 5) is 11.2. The number of nitrogens with one attached hydrogen (secondary N) is 1. The summed E-state index contributed by atoms with van der Waals surface area (Å²) in [6.45, 7) is 9.11. The molecule has 1 N–H and O–H groups in total. The number of hydrogen-bond acceptors (Lipinski definition) is 2. The maximum absolute atomic E-state index is 11.2. The average molecular weight is 311 g/mol. The molecule has 3 fully saturated rings. The molecular formula is C20H25NO2. The van der Waals surface area contributed by atoms with Gasteiger partial charge in [0, 0.05) is 19.2 Å². The largest absolute Gasteiger partial charge is 0.373 e. The van der Waals surface area contributed by atoms with E-state index in [0.29, 0.717) is 23.2 Å². The molecule has 1 saturated heterocycles. The summed E-state index contributed by atoms with van der Waals surface area (Å²) in [5.74, 6) is 1.88. The van der Waals surface area contributed by atoms with Gasteiger partial charge in [0.05, 0.1) is 6.10 Å². The molecule has 3 heteroatoms. The van der Waals surface area contributed by atoms with Crippen molar-refractivity contribution in [3.05, 3.63) is 42.0 Å². The first-order chi connectivity index (χ1) is 11.0. The summed E-state index contributed by atoms with van der Waals surface area (Å²) in [5.41, 5.74) is 3.97. The normalized spacial score (nSPS) is 38.4. The first kappa shape index (κ1) is 14.9. The van der Waals surface area contributed by atoms with E-state index in [0.717, 1.165) is 12.3 Å². The van der Waals surface area contributed by atoms with Crippen LogP contribution in [0.25, 0.3) is 0 Å². The predicted octanol–water partition coefficient (Wildman–Crippen LogP) is 4.32. The van der Waals surface area contributed by atoms with Crippen LogP contribution < -0.4 is 5.32 Å². The van der Waals surface area contributed by atoms with Crippen LogP contribution in [0.2, 0.25) is 0 Å². The minimum atomic E-state index is -0.0361. The van der Waals surface area contributed by atoms with Gasteiger partial charge in [0.2, 0.25) is 5.91 Å². The second-order valence-electron chi connectivity index (χ2n) is 7.62. The van der Waals surface area contributed by atoms with Crippen molar-refractivity contribution in [2.24, 2.45) is 23.2 Å². The number of allylic oxidation sites excluding steroid dienone is 1. The summed E-state index contributed by atoms with van der Waals surface area (Å²) in [7, 11) is 0. The topological polar surface area (TPSA) is 38.3 Å². The fraction of sp³-hybridized carbons (Fsp3) is 0.550. The van der Waals surface area contributed by atoms with Gasteiger partial charge in [-0.25, -0.2) is 0 Å². The van der Waals surface area contributed by atoms with Gasteiger partial charge in [-0.15, -0.1) is 0 Å². The highest BCUT2D eigenvalue weighted by Gasteiger charge is 2.61. The number of carbonyl (C=O) groups is 1. The van der Waals surface area contributed by atoms with Crippen molar-refractivity contribution >= 4 is 11.6 Å². The Kier molecular flexibility index (Phi) is 3.38. The predicted molar refractivity (Wildman–Crippen MR) is 91.0 cm³/mol. The molecule has 0 radical (unpaired) electrons. The second-order valence-corrected chi connectivity index (χ2v) is 7.62. The van der Waals surface area contributed by atoms with Gasteiger partial charge in [-0.2, -0.15) is 0 Å². The molecule has 1 spiro atoms. The molecule has 3 nitrogen and oxygen atoms in total.